The molecule has 172 valence electrons. The fourth-order valence-electron chi connectivity index (χ4n) is 2.81. The van der Waals surface area contributed by atoms with Crippen molar-refractivity contribution in [2.75, 3.05) is 31.9 Å². The van der Waals surface area contributed by atoms with Crippen LogP contribution in [0.3, 0.4) is 0 Å². The Hall–Kier alpha value is -3.33. The molecular weight excluding hydrogens is 438 g/mol. The maximum atomic E-state index is 13.1. The van der Waals surface area contributed by atoms with Gasteiger partial charge in [0.05, 0.1) is 27.4 Å². The molecule has 0 aliphatic rings. The number of hydrogen-bond acceptors (Lipinski definition) is 8. The third-order valence-corrected chi connectivity index (χ3v) is 4.57. The Morgan fingerprint density at radius 2 is 1.53 bits per heavy atom. The van der Waals surface area contributed by atoms with Crippen molar-refractivity contribution in [2.45, 2.75) is 26.8 Å². The van der Waals surface area contributed by atoms with Crippen molar-refractivity contribution in [3.63, 3.8) is 0 Å². The highest BCUT2D eigenvalue weighted by molar-refractivity contribution is 6.39. The minimum absolute atomic E-state index is 0.152. The summed E-state index contributed by atoms with van der Waals surface area (Å²) in [5, 5.41) is 8.08. The van der Waals surface area contributed by atoms with Gasteiger partial charge >= 0.3 is 0 Å². The summed E-state index contributed by atoms with van der Waals surface area (Å²) in [7, 11) is 2.85. The predicted octanol–water partition coefficient (Wildman–Crippen LogP) is 4.73. The number of carbonyl (C=O) groups is 2. The number of nitrogens with zero attached hydrogens (tertiary/aromatic N) is 3. The van der Waals surface area contributed by atoms with E-state index in [-0.39, 0.29) is 17.2 Å². The number of amides is 1. The number of methoxy groups -OCH3 is 2. The van der Waals surface area contributed by atoms with Crippen LogP contribution in [0.2, 0.25) is 0 Å². The first kappa shape index (κ1) is 24.9. The Kier molecular flexibility index (Phi) is 9.27. The standard InChI is InChI=1S/C22H26ClN3O6/c1-6-31-18-13-8-10-15(21(18)32-7-2)24-25-19(14(3)27)22(28)26(23)20-16(29-4)11-9-12-17(20)30-5/h8-13,19H,6-7H2,1-5H3. The molecule has 0 radical (unpaired) electrons. The van der Waals surface area contributed by atoms with Crippen LogP contribution in [0.1, 0.15) is 20.8 Å². The number of para-hydroxylation sites is 2. The van der Waals surface area contributed by atoms with Crippen LogP contribution < -0.4 is 23.4 Å². The summed E-state index contributed by atoms with van der Waals surface area (Å²) in [4.78, 5) is 25.3. The number of ketones is 1. The molecule has 1 atom stereocenters. The topological polar surface area (TPSA) is 99.0 Å². The summed E-state index contributed by atoms with van der Waals surface area (Å²) in [6.45, 7) is 5.68. The number of ether oxygens (including phenoxy) is 4. The Morgan fingerprint density at radius 1 is 0.969 bits per heavy atom. The Bertz CT molecular complexity index is 960. The van der Waals surface area contributed by atoms with Crippen molar-refractivity contribution in [1.82, 2.24) is 0 Å². The van der Waals surface area contributed by atoms with E-state index in [1.165, 1.54) is 21.1 Å². The number of benzene rings is 2. The van der Waals surface area contributed by atoms with Gasteiger partial charge in [-0.15, -0.1) is 0 Å². The highest BCUT2D eigenvalue weighted by Crippen LogP contribution is 2.40. The molecule has 32 heavy (non-hydrogen) atoms. The zero-order chi connectivity index (χ0) is 23.7. The Labute approximate surface area is 192 Å². The zero-order valence-electron chi connectivity index (χ0n) is 18.6. The molecule has 0 aromatic heterocycles. The number of hydrogen-bond donors (Lipinski definition) is 0. The van der Waals surface area contributed by atoms with Crippen molar-refractivity contribution in [2.24, 2.45) is 10.2 Å². The molecule has 2 rings (SSSR count). The first-order valence-electron chi connectivity index (χ1n) is 9.90. The number of carbonyl (C=O) groups excluding carboxylic acids is 2. The number of anilines is 1. The van der Waals surface area contributed by atoms with Crippen molar-refractivity contribution in [3.05, 3.63) is 36.4 Å². The zero-order valence-corrected chi connectivity index (χ0v) is 19.4. The van der Waals surface area contributed by atoms with E-state index in [2.05, 4.69) is 10.2 Å². The number of Topliss-reactive ketones (excluding diaryl/α,β-unsaturated/α-hetero) is 1. The van der Waals surface area contributed by atoms with Gasteiger partial charge < -0.3 is 18.9 Å². The molecule has 9 nitrogen and oxygen atoms in total. The number of azo groups is 1. The van der Waals surface area contributed by atoms with Gasteiger partial charge in [-0.3, -0.25) is 9.59 Å². The molecule has 0 saturated heterocycles. The predicted molar refractivity (Wildman–Crippen MR) is 121 cm³/mol. The molecule has 0 bridgehead atoms. The summed E-state index contributed by atoms with van der Waals surface area (Å²) in [5.74, 6) is 0.0607. The van der Waals surface area contributed by atoms with Crippen LogP contribution in [-0.4, -0.2) is 45.2 Å². The molecule has 0 aliphatic carbocycles. The van der Waals surface area contributed by atoms with Gasteiger partial charge in [0, 0.05) is 11.8 Å². The fourth-order valence-corrected chi connectivity index (χ4v) is 3.07. The molecular formula is C22H26ClN3O6. The maximum Gasteiger partial charge on any atom is 0.276 e. The molecule has 0 aliphatic heterocycles. The Balaban J connectivity index is 2.42. The van der Waals surface area contributed by atoms with Gasteiger partial charge in [-0.05, 0) is 45.0 Å². The molecule has 1 unspecified atom stereocenters. The van der Waals surface area contributed by atoms with E-state index in [1.807, 2.05) is 13.8 Å². The second-order valence-electron chi connectivity index (χ2n) is 6.33. The van der Waals surface area contributed by atoms with Gasteiger partial charge in [0.15, 0.2) is 17.3 Å². The van der Waals surface area contributed by atoms with Crippen molar-refractivity contribution in [3.8, 4) is 23.0 Å². The van der Waals surface area contributed by atoms with Gasteiger partial charge in [-0.1, -0.05) is 12.1 Å². The summed E-state index contributed by atoms with van der Waals surface area (Å²) < 4.78 is 22.5. The average molecular weight is 464 g/mol. The van der Waals surface area contributed by atoms with Crippen molar-refractivity contribution in [1.29, 1.82) is 0 Å². The minimum atomic E-state index is -1.49. The summed E-state index contributed by atoms with van der Waals surface area (Å²) >= 11 is 6.32. The number of rotatable bonds is 11. The van der Waals surface area contributed by atoms with E-state index in [0.29, 0.717) is 30.4 Å². The summed E-state index contributed by atoms with van der Waals surface area (Å²) in [6.07, 6.45) is 0. The third-order valence-electron chi connectivity index (χ3n) is 4.24. The van der Waals surface area contributed by atoms with Gasteiger partial charge in [0.2, 0.25) is 6.04 Å². The molecule has 0 fully saturated rings. The third kappa shape index (κ3) is 5.67. The van der Waals surface area contributed by atoms with Gasteiger partial charge in [0.1, 0.15) is 22.9 Å². The van der Waals surface area contributed by atoms with E-state index in [0.717, 1.165) is 4.42 Å². The first-order chi connectivity index (χ1) is 15.4. The first-order valence-corrected chi connectivity index (χ1v) is 10.2. The van der Waals surface area contributed by atoms with Crippen LogP contribution in [0, 0.1) is 0 Å². The van der Waals surface area contributed by atoms with Crippen LogP contribution in [0.15, 0.2) is 46.6 Å². The smallest absolute Gasteiger partial charge is 0.276 e. The van der Waals surface area contributed by atoms with E-state index < -0.39 is 17.7 Å². The maximum absolute atomic E-state index is 13.1. The SMILES string of the molecule is CCOc1cccc(N=NC(C(C)=O)C(=O)N(Cl)c2c(OC)cccc2OC)c1OCC. The van der Waals surface area contributed by atoms with Crippen LogP contribution in [-0.2, 0) is 9.59 Å². The Morgan fingerprint density at radius 3 is 2.06 bits per heavy atom. The lowest BCUT2D eigenvalue weighted by molar-refractivity contribution is -0.126. The second kappa shape index (κ2) is 11.9. The molecule has 10 heteroatoms. The van der Waals surface area contributed by atoms with Crippen LogP contribution in [0.5, 0.6) is 23.0 Å². The lowest BCUT2D eigenvalue weighted by Crippen LogP contribution is -2.36. The highest BCUT2D eigenvalue weighted by atomic mass is 35.5. The minimum Gasteiger partial charge on any atom is -0.494 e. The van der Waals surface area contributed by atoms with Crippen molar-refractivity contribution < 1.29 is 28.5 Å². The lowest BCUT2D eigenvalue weighted by atomic mass is 10.2. The fraction of sp³-hybridized carbons (Fsp3) is 0.364. The van der Waals surface area contributed by atoms with Crippen molar-refractivity contribution >= 4 is 34.8 Å². The molecule has 2 aromatic carbocycles. The highest BCUT2D eigenvalue weighted by Gasteiger charge is 2.32. The van der Waals surface area contributed by atoms with Gasteiger partial charge in [-0.25, -0.2) is 4.42 Å². The van der Waals surface area contributed by atoms with Crippen LogP contribution >= 0.6 is 11.8 Å². The molecule has 0 heterocycles. The average Bonchev–Trinajstić information content (AvgIpc) is 2.79. The van der Waals surface area contributed by atoms with E-state index in [4.69, 9.17) is 30.7 Å². The van der Waals surface area contributed by atoms with Gasteiger partial charge in [0.25, 0.3) is 5.91 Å². The monoisotopic (exact) mass is 463 g/mol. The second-order valence-corrected chi connectivity index (χ2v) is 6.67. The molecule has 1 amide bonds. The molecule has 0 saturated carbocycles. The summed E-state index contributed by atoms with van der Waals surface area (Å²) in [6, 6.07) is 8.48. The summed E-state index contributed by atoms with van der Waals surface area (Å²) in [5.41, 5.74) is 0.465. The van der Waals surface area contributed by atoms with Crippen LogP contribution in [0.25, 0.3) is 0 Å². The van der Waals surface area contributed by atoms with E-state index in [9.17, 15) is 9.59 Å². The van der Waals surface area contributed by atoms with Gasteiger partial charge in [-0.2, -0.15) is 10.2 Å². The van der Waals surface area contributed by atoms with E-state index >= 15 is 0 Å². The quantitative estimate of drug-likeness (QED) is 0.271. The molecule has 0 spiro atoms. The molecule has 2 aromatic rings. The van der Waals surface area contributed by atoms with E-state index in [1.54, 1.807) is 36.4 Å². The molecule has 0 N–H and O–H groups in total. The normalized spacial score (nSPS) is 11.7. The van der Waals surface area contributed by atoms with Crippen LogP contribution in [0.4, 0.5) is 11.4 Å². The largest absolute Gasteiger partial charge is 0.494 e. The lowest BCUT2D eigenvalue weighted by Gasteiger charge is -2.21. The number of halogens is 1.